The van der Waals surface area contributed by atoms with Gasteiger partial charge in [0.1, 0.15) is 17.1 Å². The van der Waals surface area contributed by atoms with Gasteiger partial charge in [0.05, 0.1) is 10.6 Å². The number of aromatic hydroxyl groups is 1. The molecule has 1 aliphatic heterocycles. The maximum atomic E-state index is 12.5. The van der Waals surface area contributed by atoms with Gasteiger partial charge < -0.3 is 20.1 Å². The summed E-state index contributed by atoms with van der Waals surface area (Å²) >= 11 is 1.11. The molecule has 0 bridgehead atoms. The molecule has 2 aromatic carbocycles. The van der Waals surface area contributed by atoms with Crippen molar-refractivity contribution >= 4 is 46.5 Å². The summed E-state index contributed by atoms with van der Waals surface area (Å²) in [7, 11) is 1.55. The second-order valence-electron chi connectivity index (χ2n) is 6.13. The van der Waals surface area contributed by atoms with Gasteiger partial charge in [0, 0.05) is 13.1 Å². The molecule has 3 rings (SSSR count). The zero-order valence-electron chi connectivity index (χ0n) is 15.6. The number of amides is 1. The highest BCUT2D eigenvalue weighted by Crippen LogP contribution is 2.34. The third kappa shape index (κ3) is 4.78. The molecule has 10 heteroatoms. The van der Waals surface area contributed by atoms with E-state index in [1.54, 1.807) is 37.4 Å². The molecule has 0 aromatic heterocycles. The number of aliphatic imine (C=N–C) groups is 1. The Morgan fingerprint density at radius 1 is 1.20 bits per heavy atom. The summed E-state index contributed by atoms with van der Waals surface area (Å²) in [4.78, 5) is 40.2. The van der Waals surface area contributed by atoms with E-state index in [4.69, 9.17) is 14.9 Å². The number of likely N-dealkylation sites (N-methyl/N-ethyl adjacent to an activating group) is 1. The van der Waals surface area contributed by atoms with Crippen LogP contribution in [0.2, 0.25) is 0 Å². The van der Waals surface area contributed by atoms with Crippen LogP contribution in [0.3, 0.4) is 0 Å². The number of carbonyl (C=O) groups excluding carboxylic acids is 1. The number of hydrogen-bond acceptors (Lipinski definition) is 7. The van der Waals surface area contributed by atoms with E-state index in [2.05, 4.69) is 4.99 Å². The summed E-state index contributed by atoms with van der Waals surface area (Å²) in [6.07, 6.45) is 1.63. The molecule has 9 nitrogen and oxygen atoms in total. The van der Waals surface area contributed by atoms with Crippen molar-refractivity contribution in [1.29, 1.82) is 0 Å². The average molecular weight is 428 g/mol. The number of ether oxygens (including phenoxy) is 1. The highest BCUT2D eigenvalue weighted by molar-refractivity contribution is 8.18. The van der Waals surface area contributed by atoms with E-state index in [1.807, 2.05) is 0 Å². The van der Waals surface area contributed by atoms with Gasteiger partial charge in [-0.3, -0.25) is 9.69 Å². The normalized spacial score (nSPS) is 16.3. The Labute approximate surface area is 174 Å². The largest absolute Gasteiger partial charge is 0.507 e. The first-order valence-corrected chi connectivity index (χ1v) is 9.33. The molecular formula is C20H16N2O7S. The van der Waals surface area contributed by atoms with Crippen molar-refractivity contribution in [3.8, 4) is 11.5 Å². The number of phenols is 1. The number of carboxylic acids is 2. The third-order valence-electron chi connectivity index (χ3n) is 3.96. The average Bonchev–Trinajstić information content (AvgIpc) is 2.94. The molecule has 1 amide bonds. The van der Waals surface area contributed by atoms with E-state index in [0.29, 0.717) is 27.1 Å². The zero-order valence-corrected chi connectivity index (χ0v) is 16.4. The van der Waals surface area contributed by atoms with E-state index < -0.39 is 24.3 Å². The van der Waals surface area contributed by atoms with Crippen LogP contribution < -0.4 is 4.74 Å². The number of rotatable bonds is 6. The van der Waals surface area contributed by atoms with Gasteiger partial charge in [-0.2, -0.15) is 0 Å². The van der Waals surface area contributed by atoms with E-state index in [1.165, 1.54) is 23.1 Å². The lowest BCUT2D eigenvalue weighted by atomic mass is 10.2. The van der Waals surface area contributed by atoms with Crippen LogP contribution in [0.25, 0.3) is 6.08 Å². The lowest BCUT2D eigenvalue weighted by molar-refractivity contribution is -0.139. The Kier molecular flexibility index (Phi) is 6.07. The number of benzene rings is 2. The molecular weight excluding hydrogens is 412 g/mol. The highest BCUT2D eigenvalue weighted by Gasteiger charge is 2.30. The summed E-state index contributed by atoms with van der Waals surface area (Å²) in [6, 6.07) is 10.5. The summed E-state index contributed by atoms with van der Waals surface area (Å²) in [5, 5.41) is 27.8. The minimum absolute atomic E-state index is 0.243. The van der Waals surface area contributed by atoms with Gasteiger partial charge in [-0.25, -0.2) is 14.6 Å². The minimum atomic E-state index is -1.26. The first kappa shape index (κ1) is 20.9. The van der Waals surface area contributed by atoms with Crippen molar-refractivity contribution in [2.24, 2.45) is 4.99 Å². The summed E-state index contributed by atoms with van der Waals surface area (Å²) in [5.41, 5.74) is 0.699. The summed E-state index contributed by atoms with van der Waals surface area (Å²) in [6.45, 7) is -0.471. The summed E-state index contributed by atoms with van der Waals surface area (Å²) in [5.74, 6) is -2.70. The smallest absolute Gasteiger partial charge is 0.341 e. The maximum Gasteiger partial charge on any atom is 0.341 e. The van der Waals surface area contributed by atoms with Gasteiger partial charge in [-0.05, 0) is 47.7 Å². The van der Waals surface area contributed by atoms with Crippen LogP contribution in [-0.2, 0) is 9.59 Å². The van der Waals surface area contributed by atoms with Crippen LogP contribution in [0.5, 0.6) is 11.5 Å². The van der Waals surface area contributed by atoms with Crippen LogP contribution in [0, 0.1) is 0 Å². The molecule has 0 aliphatic carbocycles. The molecule has 2 aromatic rings. The van der Waals surface area contributed by atoms with Gasteiger partial charge in [-0.1, -0.05) is 12.1 Å². The van der Waals surface area contributed by atoms with Crippen molar-refractivity contribution in [1.82, 2.24) is 4.90 Å². The van der Waals surface area contributed by atoms with Crippen molar-refractivity contribution in [2.75, 3.05) is 13.7 Å². The number of aliphatic carboxylic acids is 1. The maximum absolute atomic E-state index is 12.5. The Morgan fingerprint density at radius 2 is 1.97 bits per heavy atom. The SMILES string of the molecule is CN1C(=O)/C(=C/c2cccc(OCC(=O)O)c2)SC1=Nc1ccc(C(=O)O)c(O)c1. The number of amidine groups is 1. The minimum Gasteiger partial charge on any atom is -0.507 e. The molecule has 154 valence electrons. The zero-order chi connectivity index (χ0) is 21.8. The fourth-order valence-corrected chi connectivity index (χ4v) is 3.51. The molecule has 0 unspecified atom stereocenters. The fourth-order valence-electron chi connectivity index (χ4n) is 2.52. The number of hydrogen-bond donors (Lipinski definition) is 3. The fraction of sp³-hybridized carbons (Fsp3) is 0.100. The van der Waals surface area contributed by atoms with E-state index in [9.17, 15) is 19.5 Å². The monoisotopic (exact) mass is 428 g/mol. The van der Waals surface area contributed by atoms with Crippen LogP contribution in [-0.4, -0.2) is 56.9 Å². The molecule has 1 saturated heterocycles. The standard InChI is InChI=1S/C20H16N2O7S/c1-22-18(26)16(8-11-3-2-4-13(7-11)29-10-17(24)25)30-20(22)21-12-5-6-14(19(27)28)15(23)9-12/h2-9,23H,10H2,1H3,(H,24,25)(H,27,28)/b16-8-,21-20?. The molecule has 1 fully saturated rings. The molecule has 0 atom stereocenters. The third-order valence-corrected chi connectivity index (χ3v) is 5.02. The first-order valence-electron chi connectivity index (χ1n) is 8.52. The Bertz CT molecular complexity index is 1090. The van der Waals surface area contributed by atoms with Crippen molar-refractivity contribution in [3.63, 3.8) is 0 Å². The van der Waals surface area contributed by atoms with Crippen LogP contribution >= 0.6 is 11.8 Å². The van der Waals surface area contributed by atoms with Gasteiger partial charge in [0.2, 0.25) is 0 Å². The molecule has 1 aliphatic rings. The molecule has 1 heterocycles. The Morgan fingerprint density at radius 3 is 2.63 bits per heavy atom. The van der Waals surface area contributed by atoms with Crippen LogP contribution in [0.15, 0.2) is 52.4 Å². The Balaban J connectivity index is 1.83. The first-order chi connectivity index (χ1) is 14.2. The summed E-state index contributed by atoms with van der Waals surface area (Å²) < 4.78 is 5.14. The second kappa shape index (κ2) is 8.70. The van der Waals surface area contributed by atoms with E-state index in [-0.39, 0.29) is 11.5 Å². The quantitative estimate of drug-likeness (QED) is 0.598. The lowest BCUT2D eigenvalue weighted by Gasteiger charge is -2.07. The van der Waals surface area contributed by atoms with Gasteiger partial charge in [0.15, 0.2) is 11.8 Å². The topological polar surface area (TPSA) is 137 Å². The van der Waals surface area contributed by atoms with Crippen LogP contribution in [0.4, 0.5) is 5.69 Å². The van der Waals surface area contributed by atoms with E-state index >= 15 is 0 Å². The predicted molar refractivity (Wildman–Crippen MR) is 110 cm³/mol. The number of carboxylic acid groups (broad SMARTS) is 2. The van der Waals surface area contributed by atoms with Gasteiger partial charge in [0.25, 0.3) is 5.91 Å². The molecule has 0 radical (unpaired) electrons. The molecule has 0 spiro atoms. The number of nitrogens with zero attached hydrogens (tertiary/aromatic N) is 2. The lowest BCUT2D eigenvalue weighted by Crippen LogP contribution is -2.23. The second-order valence-corrected chi connectivity index (χ2v) is 7.14. The van der Waals surface area contributed by atoms with Crippen molar-refractivity contribution in [2.45, 2.75) is 0 Å². The van der Waals surface area contributed by atoms with E-state index in [0.717, 1.165) is 11.8 Å². The Hall–Kier alpha value is -3.79. The number of aromatic carboxylic acids is 1. The predicted octanol–water partition coefficient (Wildman–Crippen LogP) is 2.79. The van der Waals surface area contributed by atoms with Crippen molar-refractivity contribution < 1.29 is 34.4 Å². The molecule has 3 N–H and O–H groups in total. The van der Waals surface area contributed by atoms with Crippen molar-refractivity contribution in [3.05, 3.63) is 58.5 Å². The molecule has 0 saturated carbocycles. The van der Waals surface area contributed by atoms with Crippen LogP contribution in [0.1, 0.15) is 15.9 Å². The van der Waals surface area contributed by atoms with Gasteiger partial charge >= 0.3 is 11.9 Å². The highest BCUT2D eigenvalue weighted by atomic mass is 32.2. The number of thioether (sulfide) groups is 1. The number of carbonyl (C=O) groups is 3. The molecule has 30 heavy (non-hydrogen) atoms. The van der Waals surface area contributed by atoms with Gasteiger partial charge in [-0.15, -0.1) is 0 Å².